The van der Waals surface area contributed by atoms with Gasteiger partial charge >= 0.3 is 0 Å². The van der Waals surface area contributed by atoms with Crippen LogP contribution in [0, 0.1) is 11.3 Å². The van der Waals surface area contributed by atoms with Crippen LogP contribution in [0.15, 0.2) is 30.3 Å². The Bertz CT molecular complexity index is 326. The van der Waals surface area contributed by atoms with Crippen molar-refractivity contribution in [2.24, 2.45) is 0 Å². The van der Waals surface area contributed by atoms with Crippen LogP contribution in [0.1, 0.15) is 31.2 Å². The van der Waals surface area contributed by atoms with Gasteiger partial charge in [-0.15, -0.1) is 0 Å². The van der Waals surface area contributed by atoms with Gasteiger partial charge in [-0.05, 0) is 25.6 Å². The lowest BCUT2D eigenvalue weighted by Crippen LogP contribution is -2.25. The second kappa shape index (κ2) is 7.03. The van der Waals surface area contributed by atoms with Crippen molar-refractivity contribution >= 4 is 0 Å². The van der Waals surface area contributed by atoms with Crippen molar-refractivity contribution in [3.8, 4) is 6.07 Å². The van der Waals surface area contributed by atoms with Crippen LogP contribution in [0.25, 0.3) is 0 Å². The van der Waals surface area contributed by atoms with Gasteiger partial charge in [-0.2, -0.15) is 5.26 Å². The first-order valence-corrected chi connectivity index (χ1v) is 5.91. The Balaban J connectivity index is 2.53. The van der Waals surface area contributed by atoms with E-state index in [1.54, 1.807) is 0 Å². The summed E-state index contributed by atoms with van der Waals surface area (Å²) in [7, 11) is 2.09. The van der Waals surface area contributed by atoms with Crippen LogP contribution in [0.4, 0.5) is 0 Å². The zero-order valence-electron chi connectivity index (χ0n) is 10.2. The first kappa shape index (κ1) is 12.7. The Morgan fingerprint density at radius 2 is 2.00 bits per heavy atom. The number of hydrogen-bond acceptors (Lipinski definition) is 2. The summed E-state index contributed by atoms with van der Waals surface area (Å²) in [5, 5.41) is 9.18. The van der Waals surface area contributed by atoms with Crippen molar-refractivity contribution in [3.63, 3.8) is 0 Å². The number of unbranched alkanes of at least 4 members (excludes halogenated alkanes) is 1. The molecule has 0 saturated heterocycles. The van der Waals surface area contributed by atoms with E-state index < -0.39 is 0 Å². The molecule has 86 valence electrons. The van der Waals surface area contributed by atoms with Crippen LogP contribution < -0.4 is 0 Å². The van der Waals surface area contributed by atoms with Gasteiger partial charge in [0.25, 0.3) is 0 Å². The van der Waals surface area contributed by atoms with E-state index in [4.69, 9.17) is 0 Å². The second-order valence-corrected chi connectivity index (χ2v) is 4.21. The molecule has 0 fully saturated rings. The lowest BCUT2D eigenvalue weighted by Gasteiger charge is -2.19. The summed E-state index contributed by atoms with van der Waals surface area (Å²) >= 11 is 0. The highest BCUT2D eigenvalue weighted by Gasteiger charge is 2.12. The largest absolute Gasteiger partial charge is 0.305 e. The van der Waals surface area contributed by atoms with Crippen LogP contribution >= 0.6 is 0 Å². The molecule has 16 heavy (non-hydrogen) atoms. The van der Waals surface area contributed by atoms with Gasteiger partial charge < -0.3 is 4.90 Å². The summed E-state index contributed by atoms with van der Waals surface area (Å²) in [5.41, 5.74) is 1.12. The van der Waals surface area contributed by atoms with E-state index in [0.29, 0.717) is 0 Å². The van der Waals surface area contributed by atoms with Crippen LogP contribution in [0.5, 0.6) is 0 Å². The molecule has 0 N–H and O–H groups in total. The number of nitrogens with zero attached hydrogens (tertiary/aromatic N) is 2. The van der Waals surface area contributed by atoms with Crippen LogP contribution in [-0.4, -0.2) is 25.0 Å². The molecule has 0 amide bonds. The highest BCUT2D eigenvalue weighted by atomic mass is 15.1. The summed E-state index contributed by atoms with van der Waals surface area (Å²) in [6.07, 6.45) is 2.40. The molecular formula is C14H20N2. The molecule has 0 spiro atoms. The molecule has 0 aliphatic heterocycles. The Morgan fingerprint density at radius 3 is 2.56 bits per heavy atom. The topological polar surface area (TPSA) is 27.0 Å². The number of rotatable bonds is 6. The third-order valence-corrected chi connectivity index (χ3v) is 2.75. The molecule has 2 nitrogen and oxygen atoms in total. The molecule has 0 heterocycles. The molecule has 2 heteroatoms. The summed E-state index contributed by atoms with van der Waals surface area (Å²) < 4.78 is 0. The van der Waals surface area contributed by atoms with Gasteiger partial charge in [-0.25, -0.2) is 0 Å². The first-order chi connectivity index (χ1) is 7.77. The molecule has 1 aromatic rings. The normalized spacial score (nSPS) is 12.4. The van der Waals surface area contributed by atoms with Gasteiger partial charge in [-0.1, -0.05) is 43.7 Å². The molecule has 0 aromatic heterocycles. The molecule has 0 radical (unpaired) electrons. The van der Waals surface area contributed by atoms with E-state index in [-0.39, 0.29) is 5.92 Å². The molecule has 1 rings (SSSR count). The number of hydrogen-bond donors (Lipinski definition) is 0. The monoisotopic (exact) mass is 216 g/mol. The summed E-state index contributed by atoms with van der Waals surface area (Å²) in [4.78, 5) is 2.24. The number of nitriles is 1. The first-order valence-electron chi connectivity index (χ1n) is 5.91. The van der Waals surface area contributed by atoms with Crippen molar-refractivity contribution in [1.82, 2.24) is 4.90 Å². The molecule has 0 bridgehead atoms. The fraction of sp³-hybridized carbons (Fsp3) is 0.500. The predicted molar refractivity (Wildman–Crippen MR) is 67.2 cm³/mol. The lowest BCUT2D eigenvalue weighted by molar-refractivity contribution is 0.322. The fourth-order valence-electron chi connectivity index (χ4n) is 1.74. The van der Waals surface area contributed by atoms with E-state index in [9.17, 15) is 5.26 Å². The van der Waals surface area contributed by atoms with Gasteiger partial charge in [0.2, 0.25) is 0 Å². The lowest BCUT2D eigenvalue weighted by atomic mass is 10.0. The van der Waals surface area contributed by atoms with Crippen molar-refractivity contribution in [1.29, 1.82) is 5.26 Å². The average Bonchev–Trinajstić information content (AvgIpc) is 2.34. The molecular weight excluding hydrogens is 196 g/mol. The maximum Gasteiger partial charge on any atom is 0.0839 e. The van der Waals surface area contributed by atoms with E-state index in [1.165, 1.54) is 12.8 Å². The van der Waals surface area contributed by atoms with E-state index in [1.807, 2.05) is 30.3 Å². The van der Waals surface area contributed by atoms with Crippen molar-refractivity contribution in [3.05, 3.63) is 35.9 Å². The SMILES string of the molecule is CCCCN(C)CC(C#N)c1ccccc1. The molecule has 0 saturated carbocycles. The Morgan fingerprint density at radius 1 is 1.31 bits per heavy atom. The predicted octanol–water partition coefficient (Wildman–Crippen LogP) is 3.03. The molecule has 1 unspecified atom stereocenters. The van der Waals surface area contributed by atoms with Gasteiger partial charge in [0.1, 0.15) is 0 Å². The fourth-order valence-corrected chi connectivity index (χ4v) is 1.74. The van der Waals surface area contributed by atoms with Crippen LogP contribution in [-0.2, 0) is 0 Å². The highest BCUT2D eigenvalue weighted by Crippen LogP contribution is 2.15. The van der Waals surface area contributed by atoms with Crippen molar-refractivity contribution in [2.75, 3.05) is 20.1 Å². The van der Waals surface area contributed by atoms with E-state index in [0.717, 1.165) is 18.7 Å². The van der Waals surface area contributed by atoms with Crippen molar-refractivity contribution in [2.45, 2.75) is 25.7 Å². The van der Waals surface area contributed by atoms with Gasteiger partial charge in [0, 0.05) is 6.54 Å². The summed E-state index contributed by atoms with van der Waals surface area (Å²) in [6.45, 7) is 4.08. The smallest absolute Gasteiger partial charge is 0.0839 e. The number of benzene rings is 1. The van der Waals surface area contributed by atoms with Gasteiger partial charge in [-0.3, -0.25) is 0 Å². The standard InChI is InChI=1S/C14H20N2/c1-3-4-10-16(2)12-14(11-15)13-8-6-5-7-9-13/h5-9,14H,3-4,10,12H2,1-2H3. The Labute approximate surface area is 98.5 Å². The Hall–Kier alpha value is -1.33. The minimum Gasteiger partial charge on any atom is -0.305 e. The van der Waals surface area contributed by atoms with Crippen LogP contribution in [0.2, 0.25) is 0 Å². The van der Waals surface area contributed by atoms with Crippen molar-refractivity contribution < 1.29 is 0 Å². The third kappa shape index (κ3) is 4.04. The molecule has 0 aliphatic rings. The third-order valence-electron chi connectivity index (χ3n) is 2.75. The average molecular weight is 216 g/mol. The van der Waals surface area contributed by atoms with Gasteiger partial charge in [0.05, 0.1) is 12.0 Å². The minimum atomic E-state index is -0.0111. The molecule has 1 aromatic carbocycles. The van der Waals surface area contributed by atoms with Gasteiger partial charge in [0.15, 0.2) is 0 Å². The quantitative estimate of drug-likeness (QED) is 0.731. The number of likely N-dealkylation sites (N-methyl/N-ethyl adjacent to an activating group) is 1. The maximum atomic E-state index is 9.18. The summed E-state index contributed by atoms with van der Waals surface area (Å²) in [5.74, 6) is -0.0111. The maximum absolute atomic E-state index is 9.18. The highest BCUT2D eigenvalue weighted by molar-refractivity contribution is 5.24. The van der Waals surface area contributed by atoms with E-state index >= 15 is 0 Å². The Kier molecular flexibility index (Phi) is 5.60. The minimum absolute atomic E-state index is 0.0111. The second-order valence-electron chi connectivity index (χ2n) is 4.21. The zero-order valence-corrected chi connectivity index (χ0v) is 10.2. The summed E-state index contributed by atoms with van der Waals surface area (Å²) in [6, 6.07) is 12.4. The zero-order chi connectivity index (χ0) is 11.8. The van der Waals surface area contributed by atoms with E-state index in [2.05, 4.69) is 24.9 Å². The molecule has 0 aliphatic carbocycles. The molecule has 1 atom stereocenters. The van der Waals surface area contributed by atoms with Crippen LogP contribution in [0.3, 0.4) is 0 Å².